The molecule has 2 aromatic rings. The van der Waals surface area contributed by atoms with Gasteiger partial charge in [0, 0.05) is 23.0 Å². The SMILES string of the molecule is CC(O)(C1CC=CCC1)[C@H]1N[C@@H](C(=O)NCC[C@H](O)CO)[C@H](c2cccc(Cl)c2F)[C@@]1(C#N)c1ccc(Cl)cc1F. The largest absolute Gasteiger partial charge is 0.394 e. The molecular formula is C30H33Cl2F2N3O4. The Labute approximate surface area is 247 Å². The Balaban J connectivity index is 1.95. The number of nitriles is 1. The van der Waals surface area contributed by atoms with Gasteiger partial charge in [0.1, 0.15) is 17.0 Å². The number of carbonyl (C=O) groups excluding carboxylic acids is 1. The zero-order valence-electron chi connectivity index (χ0n) is 22.5. The van der Waals surface area contributed by atoms with Gasteiger partial charge >= 0.3 is 0 Å². The average molecular weight is 609 g/mol. The number of hydrogen-bond acceptors (Lipinski definition) is 6. The lowest BCUT2D eigenvalue weighted by Crippen LogP contribution is -2.60. The molecule has 0 radical (unpaired) electrons. The highest BCUT2D eigenvalue weighted by Crippen LogP contribution is 2.54. The third-order valence-electron chi connectivity index (χ3n) is 8.45. The second kappa shape index (κ2) is 12.7. The summed E-state index contributed by atoms with van der Waals surface area (Å²) in [5, 5.41) is 47.7. The second-order valence-electron chi connectivity index (χ2n) is 10.9. The van der Waals surface area contributed by atoms with Crippen molar-refractivity contribution in [2.45, 2.75) is 67.7 Å². The third-order valence-corrected chi connectivity index (χ3v) is 8.98. The Morgan fingerprint density at radius 3 is 2.68 bits per heavy atom. The summed E-state index contributed by atoms with van der Waals surface area (Å²) in [7, 11) is 0. The van der Waals surface area contributed by atoms with E-state index in [1.807, 2.05) is 12.2 Å². The minimum Gasteiger partial charge on any atom is -0.394 e. The number of nitrogens with one attached hydrogen (secondary N) is 2. The van der Waals surface area contributed by atoms with E-state index in [1.54, 1.807) is 6.92 Å². The predicted molar refractivity (Wildman–Crippen MR) is 151 cm³/mol. The van der Waals surface area contributed by atoms with Gasteiger partial charge in [0.25, 0.3) is 0 Å². The molecule has 1 aliphatic heterocycles. The van der Waals surface area contributed by atoms with Crippen LogP contribution in [0.2, 0.25) is 10.0 Å². The van der Waals surface area contributed by atoms with Crippen LogP contribution in [0.15, 0.2) is 48.6 Å². The maximum absolute atomic E-state index is 15.8. The summed E-state index contributed by atoms with van der Waals surface area (Å²) in [5.41, 5.74) is -3.92. The summed E-state index contributed by atoms with van der Waals surface area (Å²) in [6.07, 6.45) is 4.65. The smallest absolute Gasteiger partial charge is 0.237 e. The molecule has 0 saturated carbocycles. The number of hydrogen-bond donors (Lipinski definition) is 5. The molecule has 1 heterocycles. The number of rotatable bonds is 9. The molecule has 0 spiro atoms. The molecule has 1 fully saturated rings. The maximum Gasteiger partial charge on any atom is 0.237 e. The Morgan fingerprint density at radius 2 is 2.05 bits per heavy atom. The Kier molecular flexibility index (Phi) is 9.74. The van der Waals surface area contributed by atoms with Crippen molar-refractivity contribution >= 4 is 29.1 Å². The summed E-state index contributed by atoms with van der Waals surface area (Å²) < 4.78 is 31.6. The molecular weight excluding hydrogens is 575 g/mol. The van der Waals surface area contributed by atoms with Gasteiger partial charge in [0.15, 0.2) is 0 Å². The summed E-state index contributed by atoms with van der Waals surface area (Å²) in [5.74, 6) is -4.08. The van der Waals surface area contributed by atoms with Gasteiger partial charge < -0.3 is 20.6 Å². The van der Waals surface area contributed by atoms with Crippen molar-refractivity contribution in [2.24, 2.45) is 5.92 Å². The highest BCUT2D eigenvalue weighted by molar-refractivity contribution is 6.31. The first-order valence-electron chi connectivity index (χ1n) is 13.5. The number of aliphatic hydroxyl groups is 3. The van der Waals surface area contributed by atoms with Crippen molar-refractivity contribution in [3.63, 3.8) is 0 Å². The van der Waals surface area contributed by atoms with Crippen LogP contribution in [0.25, 0.3) is 0 Å². The molecule has 5 N–H and O–H groups in total. The van der Waals surface area contributed by atoms with Gasteiger partial charge in [0.05, 0.1) is 41.5 Å². The van der Waals surface area contributed by atoms with Crippen molar-refractivity contribution in [2.75, 3.05) is 13.2 Å². The monoisotopic (exact) mass is 607 g/mol. The molecule has 0 aromatic heterocycles. The van der Waals surface area contributed by atoms with E-state index in [9.17, 15) is 20.3 Å². The first-order valence-corrected chi connectivity index (χ1v) is 14.2. The van der Waals surface area contributed by atoms with E-state index in [1.165, 1.54) is 30.3 Å². The normalized spacial score (nSPS) is 28.1. The Morgan fingerprint density at radius 1 is 1.29 bits per heavy atom. The van der Waals surface area contributed by atoms with E-state index >= 15 is 8.78 Å². The van der Waals surface area contributed by atoms with Crippen molar-refractivity contribution < 1.29 is 28.9 Å². The van der Waals surface area contributed by atoms with Gasteiger partial charge in [0.2, 0.25) is 5.91 Å². The van der Waals surface area contributed by atoms with Crippen LogP contribution >= 0.6 is 23.2 Å². The first kappa shape index (κ1) is 31.4. The van der Waals surface area contributed by atoms with E-state index in [0.717, 1.165) is 6.07 Å². The molecule has 41 heavy (non-hydrogen) atoms. The number of amides is 1. The van der Waals surface area contributed by atoms with E-state index < -0.39 is 59.3 Å². The standard InChI is InChI=1S/C30H33Cl2F2N3O4/c1-29(41,17-6-3-2-4-7-17)28-30(16-35,21-11-10-18(31)14-23(21)33)24(20-8-5-9-22(32)25(20)34)26(37-28)27(40)36-13-12-19(39)15-38/h2-3,5,8-11,14,17,19,24,26,28,37-39,41H,4,6-7,12-13,15H2,1H3,(H,36,40)/t17?,19-,24-,26+,28+,29?,30+/m0/s1. The lowest BCUT2D eigenvalue weighted by molar-refractivity contribution is -0.123. The maximum atomic E-state index is 15.8. The third kappa shape index (κ3) is 5.87. The van der Waals surface area contributed by atoms with E-state index in [4.69, 9.17) is 28.3 Å². The van der Waals surface area contributed by atoms with Gasteiger partial charge in [-0.25, -0.2) is 8.78 Å². The van der Waals surface area contributed by atoms with Gasteiger partial charge in [-0.05, 0) is 62.3 Å². The highest BCUT2D eigenvalue weighted by atomic mass is 35.5. The fourth-order valence-corrected chi connectivity index (χ4v) is 6.70. The molecule has 2 unspecified atom stereocenters. The zero-order chi connectivity index (χ0) is 29.9. The molecule has 7 atom stereocenters. The quantitative estimate of drug-likeness (QED) is 0.273. The van der Waals surface area contributed by atoms with Crippen LogP contribution in [0, 0.1) is 28.9 Å². The van der Waals surface area contributed by atoms with Crippen molar-refractivity contribution in [1.82, 2.24) is 10.6 Å². The molecule has 1 aliphatic carbocycles. The fraction of sp³-hybridized carbons (Fsp3) is 0.467. The molecule has 11 heteroatoms. The second-order valence-corrected chi connectivity index (χ2v) is 11.8. The van der Waals surface area contributed by atoms with Gasteiger partial charge in [-0.1, -0.05) is 53.6 Å². The molecule has 2 aromatic carbocycles. The zero-order valence-corrected chi connectivity index (χ0v) is 24.0. The molecule has 4 rings (SSSR count). The van der Waals surface area contributed by atoms with Crippen LogP contribution in [0.1, 0.15) is 49.7 Å². The molecule has 1 saturated heterocycles. The van der Waals surface area contributed by atoms with Gasteiger partial charge in [-0.2, -0.15) is 5.26 Å². The van der Waals surface area contributed by atoms with Crippen molar-refractivity contribution in [3.05, 3.63) is 81.4 Å². The summed E-state index contributed by atoms with van der Waals surface area (Å²) >= 11 is 12.2. The molecule has 220 valence electrons. The van der Waals surface area contributed by atoms with Gasteiger partial charge in [-0.3, -0.25) is 10.1 Å². The lowest BCUT2D eigenvalue weighted by atomic mass is 9.59. The van der Waals surface area contributed by atoms with Crippen LogP contribution in [0.4, 0.5) is 8.78 Å². The van der Waals surface area contributed by atoms with E-state index in [0.29, 0.717) is 19.3 Å². The molecule has 1 amide bonds. The Bertz CT molecular complexity index is 1350. The number of carbonyl (C=O) groups is 1. The highest BCUT2D eigenvalue weighted by Gasteiger charge is 2.66. The number of halogens is 4. The number of nitrogens with zero attached hydrogens (tertiary/aromatic N) is 1. The van der Waals surface area contributed by atoms with Crippen LogP contribution in [-0.2, 0) is 10.2 Å². The topological polar surface area (TPSA) is 126 Å². The van der Waals surface area contributed by atoms with E-state index in [-0.39, 0.29) is 40.1 Å². The summed E-state index contributed by atoms with van der Waals surface area (Å²) in [6, 6.07) is 7.64. The molecule has 0 bridgehead atoms. The fourth-order valence-electron chi connectivity index (χ4n) is 6.36. The summed E-state index contributed by atoms with van der Waals surface area (Å²) in [6.45, 7) is 1.02. The number of benzene rings is 2. The number of allylic oxidation sites excluding steroid dienone is 2. The minimum absolute atomic E-state index is 0.0349. The molecule has 7 nitrogen and oxygen atoms in total. The van der Waals surface area contributed by atoms with Crippen molar-refractivity contribution in [3.8, 4) is 6.07 Å². The van der Waals surface area contributed by atoms with Gasteiger partial charge in [-0.15, -0.1) is 0 Å². The minimum atomic E-state index is -2.00. The average Bonchev–Trinajstić information content (AvgIpc) is 3.31. The van der Waals surface area contributed by atoms with Crippen LogP contribution in [0.3, 0.4) is 0 Å². The van der Waals surface area contributed by atoms with E-state index in [2.05, 4.69) is 16.7 Å². The lowest BCUT2D eigenvalue weighted by Gasteiger charge is -2.45. The molecule has 2 aliphatic rings. The Hall–Kier alpha value is -2.58. The van der Waals surface area contributed by atoms with Crippen molar-refractivity contribution in [1.29, 1.82) is 5.26 Å². The van der Waals surface area contributed by atoms with Crippen LogP contribution in [-0.4, -0.2) is 58.2 Å². The predicted octanol–water partition coefficient (Wildman–Crippen LogP) is 4.12. The first-order chi connectivity index (χ1) is 19.5. The van der Waals surface area contributed by atoms with Crippen LogP contribution < -0.4 is 10.6 Å². The summed E-state index contributed by atoms with van der Waals surface area (Å²) in [4.78, 5) is 13.7. The number of aliphatic hydroxyl groups excluding tert-OH is 2. The van der Waals surface area contributed by atoms with Crippen LogP contribution in [0.5, 0.6) is 0 Å².